The molecule has 1 aliphatic carbocycles. The van der Waals surface area contributed by atoms with Gasteiger partial charge >= 0.3 is 6.03 Å². The monoisotopic (exact) mass is 414 g/mol. The van der Waals surface area contributed by atoms with E-state index in [9.17, 15) is 14.4 Å². The molecule has 8 nitrogen and oxygen atoms in total. The molecule has 1 aromatic carbocycles. The van der Waals surface area contributed by atoms with Crippen LogP contribution in [0.15, 0.2) is 18.2 Å². The van der Waals surface area contributed by atoms with Crippen LogP contribution in [0.2, 0.25) is 0 Å². The van der Waals surface area contributed by atoms with Crippen molar-refractivity contribution in [3.05, 3.63) is 29.3 Å². The highest BCUT2D eigenvalue weighted by molar-refractivity contribution is 6.22. The lowest BCUT2D eigenvalue weighted by Crippen LogP contribution is -2.40. The molecule has 0 bridgehead atoms. The molecule has 4 amide bonds. The fourth-order valence-corrected chi connectivity index (χ4v) is 4.51. The first-order valence-electron chi connectivity index (χ1n) is 11.0. The maximum atomic E-state index is 12.9. The number of nitrogens with one attached hydrogen (secondary N) is 2. The smallest absolute Gasteiger partial charge is 0.319 e. The number of morpholine rings is 1. The first-order chi connectivity index (χ1) is 14.6. The number of rotatable bonds is 6. The summed E-state index contributed by atoms with van der Waals surface area (Å²) in [5.74, 6) is -0.447. The number of hydrogen-bond acceptors (Lipinski definition) is 5. The fourth-order valence-electron chi connectivity index (χ4n) is 4.51. The van der Waals surface area contributed by atoms with E-state index in [0.29, 0.717) is 23.4 Å². The van der Waals surface area contributed by atoms with Gasteiger partial charge in [0.15, 0.2) is 0 Å². The Hall–Kier alpha value is -2.45. The largest absolute Gasteiger partial charge is 0.379 e. The van der Waals surface area contributed by atoms with Crippen LogP contribution in [0, 0.1) is 0 Å². The van der Waals surface area contributed by atoms with Crippen molar-refractivity contribution in [2.45, 2.75) is 44.6 Å². The molecule has 162 valence electrons. The second-order valence-corrected chi connectivity index (χ2v) is 8.22. The summed E-state index contributed by atoms with van der Waals surface area (Å²) < 4.78 is 5.33. The quantitative estimate of drug-likeness (QED) is 0.551. The zero-order valence-electron chi connectivity index (χ0n) is 17.3. The Bertz CT molecular complexity index is 800. The van der Waals surface area contributed by atoms with Gasteiger partial charge < -0.3 is 15.4 Å². The van der Waals surface area contributed by atoms with E-state index < -0.39 is 0 Å². The molecular formula is C22H30N4O4. The van der Waals surface area contributed by atoms with Crippen LogP contribution in [0.25, 0.3) is 0 Å². The first-order valence-corrected chi connectivity index (χ1v) is 11.0. The van der Waals surface area contributed by atoms with Gasteiger partial charge in [-0.05, 0) is 44.0 Å². The Kier molecular flexibility index (Phi) is 6.64. The van der Waals surface area contributed by atoms with Gasteiger partial charge in [-0.3, -0.25) is 19.4 Å². The average molecular weight is 415 g/mol. The molecule has 1 aromatic rings. The Morgan fingerprint density at radius 3 is 2.53 bits per heavy atom. The Morgan fingerprint density at radius 1 is 1.03 bits per heavy atom. The minimum atomic E-state index is -0.308. The number of anilines is 1. The Morgan fingerprint density at radius 2 is 1.77 bits per heavy atom. The molecule has 1 saturated heterocycles. The number of hydrogen-bond donors (Lipinski definition) is 2. The predicted octanol–water partition coefficient (Wildman–Crippen LogP) is 2.46. The minimum absolute atomic E-state index is 0.00248. The number of benzene rings is 1. The summed E-state index contributed by atoms with van der Waals surface area (Å²) in [6.45, 7) is 4.91. The summed E-state index contributed by atoms with van der Waals surface area (Å²) >= 11 is 0. The van der Waals surface area contributed by atoms with E-state index in [1.807, 2.05) is 0 Å². The highest BCUT2D eigenvalue weighted by Gasteiger charge is 2.40. The summed E-state index contributed by atoms with van der Waals surface area (Å²) in [5.41, 5.74) is 1.34. The molecule has 2 fully saturated rings. The van der Waals surface area contributed by atoms with Crippen LogP contribution in [0.3, 0.4) is 0 Å². The van der Waals surface area contributed by atoms with Crippen molar-refractivity contribution in [3.63, 3.8) is 0 Å². The van der Waals surface area contributed by atoms with E-state index in [2.05, 4.69) is 15.5 Å². The van der Waals surface area contributed by atoms with Crippen LogP contribution in [0.4, 0.5) is 10.5 Å². The lowest BCUT2D eigenvalue weighted by molar-refractivity contribution is 0.0375. The van der Waals surface area contributed by atoms with Gasteiger partial charge in [-0.2, -0.15) is 0 Å². The van der Waals surface area contributed by atoms with Crippen molar-refractivity contribution in [1.29, 1.82) is 0 Å². The van der Waals surface area contributed by atoms with E-state index in [1.54, 1.807) is 18.2 Å². The molecule has 8 heteroatoms. The maximum absolute atomic E-state index is 12.9. The molecule has 2 heterocycles. The molecule has 0 unspecified atom stereocenters. The van der Waals surface area contributed by atoms with Gasteiger partial charge in [0.25, 0.3) is 11.8 Å². The van der Waals surface area contributed by atoms with Gasteiger partial charge in [0, 0.05) is 31.4 Å². The van der Waals surface area contributed by atoms with Gasteiger partial charge in [0.2, 0.25) is 0 Å². The molecule has 3 aliphatic rings. The van der Waals surface area contributed by atoms with E-state index >= 15 is 0 Å². The summed E-state index contributed by atoms with van der Waals surface area (Å²) in [6.07, 6.45) is 5.89. The highest BCUT2D eigenvalue weighted by Crippen LogP contribution is 2.32. The van der Waals surface area contributed by atoms with Crippen LogP contribution in [0.1, 0.15) is 59.2 Å². The standard InChI is InChI=1S/C22H30N4O4/c27-20-18-8-7-16(15-19(18)21(28)26(20)17-5-2-1-3-6-17)24-22(29)23-9-4-10-25-11-13-30-14-12-25/h7-8,15,17H,1-6,9-14H2,(H2,23,24,29). The lowest BCUT2D eigenvalue weighted by Gasteiger charge is -2.29. The predicted molar refractivity (Wildman–Crippen MR) is 113 cm³/mol. The highest BCUT2D eigenvalue weighted by atomic mass is 16.5. The van der Waals surface area contributed by atoms with Crippen LogP contribution in [-0.2, 0) is 4.74 Å². The van der Waals surface area contributed by atoms with Gasteiger partial charge in [-0.1, -0.05) is 19.3 Å². The molecule has 2 aliphatic heterocycles. The molecule has 30 heavy (non-hydrogen) atoms. The number of urea groups is 1. The number of amides is 4. The second kappa shape index (κ2) is 9.57. The average Bonchev–Trinajstić information content (AvgIpc) is 3.02. The van der Waals surface area contributed by atoms with Crippen LogP contribution < -0.4 is 10.6 Å². The molecular weight excluding hydrogens is 384 g/mol. The van der Waals surface area contributed by atoms with Gasteiger partial charge in [-0.25, -0.2) is 4.79 Å². The number of ether oxygens (including phenoxy) is 1. The van der Waals surface area contributed by atoms with Gasteiger partial charge in [0.1, 0.15) is 0 Å². The van der Waals surface area contributed by atoms with Crippen LogP contribution in [0.5, 0.6) is 0 Å². The number of nitrogens with zero attached hydrogens (tertiary/aromatic N) is 2. The molecule has 0 aromatic heterocycles. The van der Waals surface area contributed by atoms with Gasteiger partial charge in [0.05, 0.1) is 24.3 Å². The molecule has 0 atom stereocenters. The second-order valence-electron chi connectivity index (χ2n) is 8.22. The number of imide groups is 1. The Labute approximate surface area is 176 Å². The van der Waals surface area contributed by atoms with Crippen molar-refractivity contribution in [1.82, 2.24) is 15.1 Å². The normalized spacial score (nSPS) is 20.3. The topological polar surface area (TPSA) is 91.0 Å². The summed E-state index contributed by atoms with van der Waals surface area (Å²) in [5, 5.41) is 5.62. The number of carbonyl (C=O) groups is 3. The van der Waals surface area contributed by atoms with Crippen molar-refractivity contribution in [2.24, 2.45) is 0 Å². The third-order valence-corrected chi connectivity index (χ3v) is 6.16. The molecule has 0 radical (unpaired) electrons. The van der Waals surface area contributed by atoms with Gasteiger partial charge in [-0.15, -0.1) is 0 Å². The van der Waals surface area contributed by atoms with E-state index in [-0.39, 0.29) is 23.9 Å². The minimum Gasteiger partial charge on any atom is -0.379 e. The molecule has 1 saturated carbocycles. The van der Waals surface area contributed by atoms with E-state index in [1.165, 1.54) is 4.90 Å². The third-order valence-electron chi connectivity index (χ3n) is 6.16. The third kappa shape index (κ3) is 4.65. The summed E-state index contributed by atoms with van der Waals surface area (Å²) in [4.78, 5) is 41.6. The van der Waals surface area contributed by atoms with E-state index in [0.717, 1.165) is 71.4 Å². The fraction of sp³-hybridized carbons (Fsp3) is 0.591. The zero-order valence-corrected chi connectivity index (χ0v) is 17.3. The summed E-state index contributed by atoms with van der Waals surface area (Å²) in [6, 6.07) is 4.63. The van der Waals surface area contributed by atoms with Crippen molar-refractivity contribution < 1.29 is 19.1 Å². The molecule has 0 spiro atoms. The Balaban J connectivity index is 1.29. The lowest BCUT2D eigenvalue weighted by atomic mass is 9.94. The molecule has 2 N–H and O–H groups in total. The maximum Gasteiger partial charge on any atom is 0.319 e. The SMILES string of the molecule is O=C(NCCCN1CCOCC1)Nc1ccc2c(c1)C(=O)N(C1CCCCC1)C2=O. The zero-order chi connectivity index (χ0) is 20.9. The molecule has 4 rings (SSSR count). The van der Waals surface area contributed by atoms with Crippen LogP contribution >= 0.6 is 0 Å². The summed E-state index contributed by atoms with van der Waals surface area (Å²) in [7, 11) is 0. The van der Waals surface area contributed by atoms with Crippen molar-refractivity contribution in [2.75, 3.05) is 44.7 Å². The number of fused-ring (bicyclic) bond motifs is 1. The van der Waals surface area contributed by atoms with E-state index in [4.69, 9.17) is 4.74 Å². The van der Waals surface area contributed by atoms with Crippen molar-refractivity contribution >= 4 is 23.5 Å². The number of carbonyl (C=O) groups excluding carboxylic acids is 3. The van der Waals surface area contributed by atoms with Crippen molar-refractivity contribution in [3.8, 4) is 0 Å². The van der Waals surface area contributed by atoms with Crippen LogP contribution in [-0.4, -0.2) is 73.1 Å². The first kappa shape index (κ1) is 20.8.